The van der Waals surface area contributed by atoms with Gasteiger partial charge in [0.05, 0.1) is 0 Å². The van der Waals surface area contributed by atoms with Crippen LogP contribution in [0.3, 0.4) is 0 Å². The van der Waals surface area contributed by atoms with E-state index in [2.05, 4.69) is 0 Å². The van der Waals surface area contributed by atoms with Crippen molar-refractivity contribution in [1.29, 1.82) is 0 Å². The maximum absolute atomic E-state index is 13.5. The molecule has 0 bridgehead atoms. The van der Waals surface area contributed by atoms with Crippen molar-refractivity contribution in [1.82, 2.24) is 0 Å². The standard InChI is InChI=1S/C16H16FNO2/c1-12(20-15-11-7-6-10-14(15)17)16(19)18(2)13-8-4-3-5-9-13/h3-12H,1-2H3/t12-/m1/s1. The van der Waals surface area contributed by atoms with Gasteiger partial charge in [-0.15, -0.1) is 0 Å². The van der Waals surface area contributed by atoms with Crippen LogP contribution >= 0.6 is 0 Å². The van der Waals surface area contributed by atoms with E-state index >= 15 is 0 Å². The number of likely N-dealkylation sites (N-methyl/N-ethyl adjacent to an activating group) is 1. The Hall–Kier alpha value is -2.36. The maximum Gasteiger partial charge on any atom is 0.267 e. The van der Waals surface area contributed by atoms with Gasteiger partial charge in [0.2, 0.25) is 0 Å². The molecule has 2 aromatic carbocycles. The molecule has 0 heterocycles. The predicted molar refractivity (Wildman–Crippen MR) is 76.3 cm³/mol. The third kappa shape index (κ3) is 3.15. The van der Waals surface area contributed by atoms with E-state index in [1.54, 1.807) is 26.1 Å². The van der Waals surface area contributed by atoms with Crippen LogP contribution in [0.5, 0.6) is 5.75 Å². The van der Waals surface area contributed by atoms with Gasteiger partial charge in [-0.3, -0.25) is 4.79 Å². The molecule has 0 unspecified atom stereocenters. The normalized spacial score (nSPS) is 11.8. The Morgan fingerprint density at radius 2 is 1.70 bits per heavy atom. The number of anilines is 1. The maximum atomic E-state index is 13.5. The highest BCUT2D eigenvalue weighted by Crippen LogP contribution is 2.19. The molecule has 2 rings (SSSR count). The summed E-state index contributed by atoms with van der Waals surface area (Å²) in [6, 6.07) is 15.3. The quantitative estimate of drug-likeness (QED) is 0.855. The van der Waals surface area contributed by atoms with E-state index in [4.69, 9.17) is 4.74 Å². The molecule has 0 aliphatic carbocycles. The van der Waals surface area contributed by atoms with Gasteiger partial charge in [-0.05, 0) is 31.2 Å². The molecule has 4 heteroatoms. The molecule has 0 aromatic heterocycles. The molecular formula is C16H16FNO2. The summed E-state index contributed by atoms with van der Waals surface area (Å²) in [5.41, 5.74) is 0.765. The first kappa shape index (κ1) is 14.1. The number of rotatable bonds is 4. The van der Waals surface area contributed by atoms with Crippen molar-refractivity contribution in [3.63, 3.8) is 0 Å². The average Bonchev–Trinajstić information content (AvgIpc) is 2.49. The Kier molecular flexibility index (Phi) is 4.35. The largest absolute Gasteiger partial charge is 0.478 e. The summed E-state index contributed by atoms with van der Waals surface area (Å²) in [6.45, 7) is 1.61. The van der Waals surface area contributed by atoms with Crippen molar-refractivity contribution < 1.29 is 13.9 Å². The molecule has 0 fully saturated rings. The van der Waals surface area contributed by atoms with Crippen molar-refractivity contribution in [2.24, 2.45) is 0 Å². The topological polar surface area (TPSA) is 29.5 Å². The molecule has 0 N–H and O–H groups in total. The smallest absolute Gasteiger partial charge is 0.267 e. The summed E-state index contributed by atoms with van der Waals surface area (Å²) in [4.78, 5) is 13.7. The zero-order valence-corrected chi connectivity index (χ0v) is 11.4. The Balaban J connectivity index is 2.08. The van der Waals surface area contributed by atoms with E-state index in [1.165, 1.54) is 17.0 Å². The fourth-order valence-electron chi connectivity index (χ4n) is 1.83. The lowest BCUT2D eigenvalue weighted by Gasteiger charge is -2.22. The summed E-state index contributed by atoms with van der Waals surface area (Å²) in [6.07, 6.45) is -0.767. The molecule has 0 saturated heterocycles. The number of benzene rings is 2. The van der Waals surface area contributed by atoms with Crippen LogP contribution in [0.25, 0.3) is 0 Å². The van der Waals surface area contributed by atoms with Gasteiger partial charge in [-0.1, -0.05) is 30.3 Å². The van der Waals surface area contributed by atoms with Crippen LogP contribution < -0.4 is 9.64 Å². The van der Waals surface area contributed by atoms with E-state index in [0.29, 0.717) is 0 Å². The molecule has 3 nitrogen and oxygen atoms in total. The molecule has 1 amide bonds. The first-order chi connectivity index (χ1) is 9.59. The van der Waals surface area contributed by atoms with Crippen LogP contribution in [0.15, 0.2) is 54.6 Å². The lowest BCUT2D eigenvalue weighted by molar-refractivity contribution is -0.124. The molecule has 1 atom stereocenters. The summed E-state index contributed by atoms with van der Waals surface area (Å²) in [5.74, 6) is -0.635. The Bertz CT molecular complexity index is 586. The number of hydrogen-bond acceptors (Lipinski definition) is 2. The minimum atomic E-state index is -0.767. The predicted octanol–water partition coefficient (Wildman–Crippen LogP) is 3.26. The molecule has 0 aliphatic rings. The van der Waals surface area contributed by atoms with Crippen LogP contribution in [0.2, 0.25) is 0 Å². The van der Waals surface area contributed by atoms with Crippen molar-refractivity contribution in [3.8, 4) is 5.75 Å². The monoisotopic (exact) mass is 273 g/mol. The van der Waals surface area contributed by atoms with E-state index in [1.807, 2.05) is 30.3 Å². The minimum absolute atomic E-state index is 0.0785. The van der Waals surface area contributed by atoms with E-state index < -0.39 is 11.9 Å². The molecule has 0 spiro atoms. The molecule has 0 aliphatic heterocycles. The van der Waals surface area contributed by atoms with Gasteiger partial charge in [0.1, 0.15) is 0 Å². The Labute approximate surface area is 117 Å². The van der Waals surface area contributed by atoms with Gasteiger partial charge in [-0.25, -0.2) is 4.39 Å². The number of halogens is 1. The second-order valence-corrected chi connectivity index (χ2v) is 4.42. The van der Waals surface area contributed by atoms with Crippen molar-refractivity contribution in [2.45, 2.75) is 13.0 Å². The Morgan fingerprint density at radius 3 is 2.35 bits per heavy atom. The van der Waals surface area contributed by atoms with Gasteiger partial charge in [0, 0.05) is 12.7 Å². The number of amides is 1. The number of para-hydroxylation sites is 2. The first-order valence-electron chi connectivity index (χ1n) is 6.33. The van der Waals surface area contributed by atoms with Gasteiger partial charge < -0.3 is 9.64 Å². The average molecular weight is 273 g/mol. The second kappa shape index (κ2) is 6.19. The number of hydrogen-bond donors (Lipinski definition) is 0. The zero-order chi connectivity index (χ0) is 14.5. The van der Waals surface area contributed by atoms with Crippen LogP contribution in [0.4, 0.5) is 10.1 Å². The van der Waals surface area contributed by atoms with E-state index in [-0.39, 0.29) is 11.7 Å². The highest BCUT2D eigenvalue weighted by molar-refractivity contribution is 5.95. The van der Waals surface area contributed by atoms with Crippen molar-refractivity contribution >= 4 is 11.6 Å². The lowest BCUT2D eigenvalue weighted by Crippen LogP contribution is -2.38. The first-order valence-corrected chi connectivity index (χ1v) is 6.33. The lowest BCUT2D eigenvalue weighted by atomic mass is 10.2. The molecule has 0 saturated carbocycles. The van der Waals surface area contributed by atoms with E-state index in [0.717, 1.165) is 5.69 Å². The van der Waals surface area contributed by atoms with Crippen LogP contribution in [0.1, 0.15) is 6.92 Å². The van der Waals surface area contributed by atoms with Crippen LogP contribution in [-0.2, 0) is 4.79 Å². The molecule has 20 heavy (non-hydrogen) atoms. The second-order valence-electron chi connectivity index (χ2n) is 4.42. The minimum Gasteiger partial charge on any atom is -0.478 e. The van der Waals surface area contributed by atoms with Crippen molar-refractivity contribution in [3.05, 3.63) is 60.4 Å². The number of carbonyl (C=O) groups is 1. The van der Waals surface area contributed by atoms with Crippen LogP contribution in [-0.4, -0.2) is 19.1 Å². The summed E-state index contributed by atoms with van der Waals surface area (Å²) >= 11 is 0. The molecular weight excluding hydrogens is 257 g/mol. The summed E-state index contributed by atoms with van der Waals surface area (Å²) < 4.78 is 18.9. The van der Waals surface area contributed by atoms with Gasteiger partial charge in [0.15, 0.2) is 17.7 Å². The fraction of sp³-hybridized carbons (Fsp3) is 0.188. The molecule has 2 aromatic rings. The zero-order valence-electron chi connectivity index (χ0n) is 11.4. The molecule has 104 valence electrons. The van der Waals surface area contributed by atoms with Crippen molar-refractivity contribution in [2.75, 3.05) is 11.9 Å². The van der Waals surface area contributed by atoms with Gasteiger partial charge in [0.25, 0.3) is 5.91 Å². The third-order valence-corrected chi connectivity index (χ3v) is 2.96. The number of nitrogens with zero attached hydrogens (tertiary/aromatic N) is 1. The summed E-state index contributed by atoms with van der Waals surface area (Å²) in [7, 11) is 1.67. The SMILES string of the molecule is C[C@@H](Oc1ccccc1F)C(=O)N(C)c1ccccc1. The van der Waals surface area contributed by atoms with Crippen LogP contribution in [0, 0.1) is 5.82 Å². The third-order valence-electron chi connectivity index (χ3n) is 2.96. The number of carbonyl (C=O) groups excluding carboxylic acids is 1. The van der Waals surface area contributed by atoms with Gasteiger partial charge >= 0.3 is 0 Å². The fourth-order valence-corrected chi connectivity index (χ4v) is 1.83. The molecule has 0 radical (unpaired) electrons. The van der Waals surface area contributed by atoms with E-state index in [9.17, 15) is 9.18 Å². The number of ether oxygens (including phenoxy) is 1. The summed E-state index contributed by atoms with van der Waals surface area (Å²) in [5, 5.41) is 0. The highest BCUT2D eigenvalue weighted by Gasteiger charge is 2.21. The highest BCUT2D eigenvalue weighted by atomic mass is 19.1. The Morgan fingerprint density at radius 1 is 1.10 bits per heavy atom. The van der Waals surface area contributed by atoms with Gasteiger partial charge in [-0.2, -0.15) is 0 Å².